The van der Waals surface area contributed by atoms with Gasteiger partial charge in [-0.05, 0) is 65.0 Å². The zero-order valence-electron chi connectivity index (χ0n) is 14.9. The van der Waals surface area contributed by atoms with Crippen LogP contribution in [0.15, 0.2) is 18.2 Å². The third kappa shape index (κ3) is 3.50. The summed E-state index contributed by atoms with van der Waals surface area (Å²) in [5.74, 6) is -0.211. The molecule has 24 heavy (non-hydrogen) atoms. The van der Waals surface area contributed by atoms with E-state index in [9.17, 15) is 9.18 Å². The lowest BCUT2D eigenvalue weighted by Gasteiger charge is -2.40. The van der Waals surface area contributed by atoms with E-state index in [1.54, 1.807) is 6.07 Å². The number of benzene rings is 1. The standard InChI is InChI=1S/C19H27FN2O2/c1-12-6-5-7-16(20)17(12)21-13-10-14-8-9-15(11-13)22(14)18(23)24-19(2,3)4/h5-7,13-15,21H,8-11H2,1-4H3. The molecule has 5 heteroatoms. The van der Waals surface area contributed by atoms with E-state index < -0.39 is 5.60 Å². The molecule has 0 spiro atoms. The summed E-state index contributed by atoms with van der Waals surface area (Å²) in [5, 5.41) is 3.37. The number of halogens is 1. The number of carbonyl (C=O) groups is 1. The van der Waals surface area contributed by atoms with Crippen molar-refractivity contribution in [2.45, 2.75) is 77.1 Å². The molecule has 132 valence electrons. The Hall–Kier alpha value is -1.78. The maximum absolute atomic E-state index is 14.1. The van der Waals surface area contributed by atoms with Crippen LogP contribution in [0, 0.1) is 12.7 Å². The van der Waals surface area contributed by atoms with Crippen LogP contribution in [-0.2, 0) is 4.74 Å². The molecule has 1 aromatic rings. The van der Waals surface area contributed by atoms with Crippen LogP contribution in [0.25, 0.3) is 0 Å². The highest BCUT2D eigenvalue weighted by Gasteiger charge is 2.44. The fraction of sp³-hybridized carbons (Fsp3) is 0.632. The van der Waals surface area contributed by atoms with Crippen LogP contribution in [0.3, 0.4) is 0 Å². The van der Waals surface area contributed by atoms with Crippen LogP contribution < -0.4 is 5.32 Å². The fourth-order valence-electron chi connectivity index (χ4n) is 3.93. The number of carbonyl (C=O) groups excluding carboxylic acids is 1. The summed E-state index contributed by atoms with van der Waals surface area (Å²) >= 11 is 0. The van der Waals surface area contributed by atoms with Crippen LogP contribution >= 0.6 is 0 Å². The average Bonchev–Trinajstić information content (AvgIpc) is 2.73. The smallest absolute Gasteiger partial charge is 0.410 e. The Bertz CT molecular complexity index is 592. The van der Waals surface area contributed by atoms with Crippen molar-refractivity contribution in [1.29, 1.82) is 0 Å². The molecule has 2 bridgehead atoms. The second-order valence-electron chi connectivity index (χ2n) is 8.02. The minimum Gasteiger partial charge on any atom is -0.444 e. The Morgan fingerprint density at radius 1 is 1.25 bits per heavy atom. The first-order chi connectivity index (χ1) is 11.2. The maximum Gasteiger partial charge on any atom is 0.410 e. The molecule has 2 fully saturated rings. The van der Waals surface area contributed by atoms with Crippen LogP contribution in [0.4, 0.5) is 14.9 Å². The van der Waals surface area contributed by atoms with Gasteiger partial charge in [0.05, 0.1) is 5.69 Å². The van der Waals surface area contributed by atoms with E-state index in [2.05, 4.69) is 5.32 Å². The van der Waals surface area contributed by atoms with Gasteiger partial charge in [0.2, 0.25) is 0 Å². The number of nitrogens with zero attached hydrogens (tertiary/aromatic N) is 1. The van der Waals surface area contributed by atoms with Gasteiger partial charge in [-0.2, -0.15) is 0 Å². The van der Waals surface area contributed by atoms with Gasteiger partial charge in [0, 0.05) is 18.1 Å². The van der Waals surface area contributed by atoms with Crippen LogP contribution in [0.1, 0.15) is 52.0 Å². The van der Waals surface area contributed by atoms with Crippen molar-refractivity contribution in [2.75, 3.05) is 5.32 Å². The van der Waals surface area contributed by atoms with Gasteiger partial charge in [0.15, 0.2) is 0 Å². The topological polar surface area (TPSA) is 41.6 Å². The summed E-state index contributed by atoms with van der Waals surface area (Å²) in [6, 6.07) is 5.68. The molecule has 2 heterocycles. The number of para-hydroxylation sites is 1. The molecule has 2 aliphatic heterocycles. The van der Waals surface area contributed by atoms with Crippen molar-refractivity contribution in [3.05, 3.63) is 29.6 Å². The number of hydrogen-bond donors (Lipinski definition) is 1. The van der Waals surface area contributed by atoms with Gasteiger partial charge in [-0.15, -0.1) is 0 Å². The highest BCUT2D eigenvalue weighted by molar-refractivity contribution is 5.70. The summed E-state index contributed by atoms with van der Waals surface area (Å²) < 4.78 is 19.6. The summed E-state index contributed by atoms with van der Waals surface area (Å²) in [6.45, 7) is 7.59. The molecule has 2 aliphatic rings. The van der Waals surface area contributed by atoms with E-state index in [0.29, 0.717) is 5.69 Å². The molecule has 4 nitrogen and oxygen atoms in total. The number of amides is 1. The third-order valence-electron chi connectivity index (χ3n) is 4.91. The van der Waals surface area contributed by atoms with Crippen molar-refractivity contribution >= 4 is 11.8 Å². The number of rotatable bonds is 2. The first kappa shape index (κ1) is 17.1. The second kappa shape index (κ2) is 6.26. The molecule has 1 aromatic carbocycles. The van der Waals surface area contributed by atoms with Crippen LogP contribution in [0.5, 0.6) is 0 Å². The Morgan fingerprint density at radius 3 is 2.42 bits per heavy atom. The molecule has 2 atom stereocenters. The first-order valence-corrected chi connectivity index (χ1v) is 8.77. The highest BCUT2D eigenvalue weighted by Crippen LogP contribution is 2.38. The molecule has 2 saturated heterocycles. The average molecular weight is 334 g/mol. The lowest BCUT2D eigenvalue weighted by molar-refractivity contribution is 0.00682. The number of nitrogens with one attached hydrogen (secondary N) is 1. The van der Waals surface area contributed by atoms with Crippen molar-refractivity contribution in [2.24, 2.45) is 0 Å². The van der Waals surface area contributed by atoms with Crippen molar-refractivity contribution < 1.29 is 13.9 Å². The van der Waals surface area contributed by atoms with E-state index >= 15 is 0 Å². The number of hydrogen-bond acceptors (Lipinski definition) is 3. The van der Waals surface area contributed by atoms with Gasteiger partial charge in [-0.3, -0.25) is 0 Å². The number of aryl methyl sites for hydroxylation is 1. The lowest BCUT2D eigenvalue weighted by Crippen LogP contribution is -2.51. The molecule has 0 aromatic heterocycles. The molecule has 1 amide bonds. The molecular formula is C19H27FN2O2. The van der Waals surface area contributed by atoms with Gasteiger partial charge in [0.1, 0.15) is 11.4 Å². The molecule has 0 saturated carbocycles. The molecule has 0 radical (unpaired) electrons. The van der Waals surface area contributed by atoms with E-state index in [1.807, 2.05) is 38.7 Å². The molecule has 1 N–H and O–H groups in total. The molecule has 0 aliphatic carbocycles. The van der Waals surface area contributed by atoms with Crippen LogP contribution in [0.2, 0.25) is 0 Å². The van der Waals surface area contributed by atoms with Crippen LogP contribution in [-0.4, -0.2) is 34.7 Å². The van der Waals surface area contributed by atoms with E-state index in [4.69, 9.17) is 4.74 Å². The van der Waals surface area contributed by atoms with E-state index in [-0.39, 0.29) is 30.0 Å². The summed E-state index contributed by atoms with van der Waals surface area (Å²) in [7, 11) is 0. The number of anilines is 1. The zero-order valence-corrected chi connectivity index (χ0v) is 14.9. The highest BCUT2D eigenvalue weighted by atomic mass is 19.1. The first-order valence-electron chi connectivity index (χ1n) is 8.77. The predicted molar refractivity (Wildman–Crippen MR) is 92.7 cm³/mol. The lowest BCUT2D eigenvalue weighted by atomic mass is 9.97. The minimum absolute atomic E-state index is 0.183. The van der Waals surface area contributed by atoms with Gasteiger partial charge in [-0.25, -0.2) is 9.18 Å². The molecule has 2 unspecified atom stereocenters. The second-order valence-corrected chi connectivity index (χ2v) is 8.02. The van der Waals surface area contributed by atoms with Gasteiger partial charge < -0.3 is 15.0 Å². The normalized spacial score (nSPS) is 26.4. The maximum atomic E-state index is 14.1. The third-order valence-corrected chi connectivity index (χ3v) is 4.91. The van der Waals surface area contributed by atoms with Crippen molar-refractivity contribution in [3.63, 3.8) is 0 Å². The fourth-order valence-corrected chi connectivity index (χ4v) is 3.93. The Morgan fingerprint density at radius 2 is 1.88 bits per heavy atom. The molecular weight excluding hydrogens is 307 g/mol. The Kier molecular flexibility index (Phi) is 4.45. The zero-order chi connectivity index (χ0) is 17.5. The number of fused-ring (bicyclic) bond motifs is 2. The molecule has 3 rings (SSSR count). The van der Waals surface area contributed by atoms with Crippen molar-refractivity contribution in [3.8, 4) is 0 Å². The Labute approximate surface area is 143 Å². The minimum atomic E-state index is -0.476. The van der Waals surface area contributed by atoms with Gasteiger partial charge in [0.25, 0.3) is 0 Å². The monoisotopic (exact) mass is 334 g/mol. The van der Waals surface area contributed by atoms with Gasteiger partial charge in [-0.1, -0.05) is 12.1 Å². The van der Waals surface area contributed by atoms with E-state index in [1.165, 1.54) is 6.07 Å². The summed E-state index contributed by atoms with van der Waals surface area (Å²) in [4.78, 5) is 14.4. The summed E-state index contributed by atoms with van der Waals surface area (Å²) in [6.07, 6.45) is 3.46. The predicted octanol–water partition coefficient (Wildman–Crippen LogP) is 4.48. The van der Waals surface area contributed by atoms with E-state index in [0.717, 1.165) is 31.2 Å². The number of piperidine rings is 1. The number of ether oxygens (including phenoxy) is 1. The largest absolute Gasteiger partial charge is 0.444 e. The SMILES string of the molecule is Cc1cccc(F)c1NC1CC2CCC(C1)N2C(=O)OC(C)(C)C. The summed E-state index contributed by atoms with van der Waals surface area (Å²) in [5.41, 5.74) is 1.03. The quantitative estimate of drug-likeness (QED) is 0.867. The Balaban J connectivity index is 1.68. The van der Waals surface area contributed by atoms with Gasteiger partial charge >= 0.3 is 6.09 Å². The van der Waals surface area contributed by atoms with Crippen molar-refractivity contribution in [1.82, 2.24) is 4.90 Å².